The summed E-state index contributed by atoms with van der Waals surface area (Å²) in [6.45, 7) is 0.353. The summed E-state index contributed by atoms with van der Waals surface area (Å²) >= 11 is 0. The molecule has 2 aliphatic heterocycles. The fraction of sp³-hybridized carbons (Fsp3) is 0.667. The number of piperidine rings is 1. The molecule has 0 saturated carbocycles. The molecule has 15 nitrogen and oxygen atoms in total. The number of carboxylic acid groups (broad SMARTS) is 1. The largest absolute Gasteiger partial charge is 0.490 e. The molecular weight excluding hydrogens is 461 g/mol. The van der Waals surface area contributed by atoms with Crippen LogP contribution in [0.1, 0.15) is 12.8 Å². The summed E-state index contributed by atoms with van der Waals surface area (Å²) in [5, 5.41) is 17.1. The Hall–Kier alpha value is -2.90. The molecule has 0 aromatic heterocycles. The predicted octanol–water partition coefficient (Wildman–Crippen LogP) is -1.85. The van der Waals surface area contributed by atoms with Gasteiger partial charge < -0.3 is 21.1 Å². The van der Waals surface area contributed by atoms with Crippen molar-refractivity contribution in [3.05, 3.63) is 0 Å². The van der Waals surface area contributed by atoms with E-state index >= 15 is 0 Å². The van der Waals surface area contributed by atoms with Crippen LogP contribution in [0.5, 0.6) is 0 Å². The van der Waals surface area contributed by atoms with Crippen molar-refractivity contribution in [1.82, 2.24) is 20.8 Å². The number of carboxylic acids is 1. The van der Waals surface area contributed by atoms with Crippen LogP contribution in [0.4, 0.5) is 18.0 Å². The molecule has 19 heteroatoms. The van der Waals surface area contributed by atoms with Crippen molar-refractivity contribution < 1.29 is 54.8 Å². The first-order chi connectivity index (χ1) is 14.1. The normalized spacial score (nSPS) is 20.6. The Bertz CT molecular complexity index is 808. The average Bonchev–Trinajstić information content (AvgIpc) is 2.84. The number of fused-ring (bicyclic) bond motifs is 2. The molecule has 31 heavy (non-hydrogen) atoms. The number of aliphatic carboxylic acids is 1. The second-order valence-corrected chi connectivity index (χ2v) is 6.97. The standard InChI is InChI=1S/C10H18N6O7S.C2HF3O2/c11-9(12)13-3-4-22-14-8(17)7-2-1-6-5-15(7)10(18)16(6)23-24(19,20)21;3-2(4,5)1(6)7/h6-7H,1-5H2,(H,14,17)(H4,11,12,13)(H,19,20,21);(H,6,7)/t6-,7+;/m1./s1. The zero-order chi connectivity index (χ0) is 24.0. The van der Waals surface area contributed by atoms with Gasteiger partial charge in [-0.05, 0) is 12.8 Å². The summed E-state index contributed by atoms with van der Waals surface area (Å²) in [4.78, 5) is 39.1. The molecular formula is C12H19F3N6O9S. The number of carbonyl (C=O) groups is 3. The average molecular weight is 480 g/mol. The van der Waals surface area contributed by atoms with Crippen LogP contribution >= 0.6 is 0 Å². The molecule has 2 fully saturated rings. The van der Waals surface area contributed by atoms with Gasteiger partial charge in [0.2, 0.25) is 0 Å². The van der Waals surface area contributed by atoms with E-state index in [2.05, 4.69) is 15.1 Å². The van der Waals surface area contributed by atoms with E-state index in [1.165, 1.54) is 0 Å². The number of hydroxylamine groups is 3. The maximum absolute atomic E-state index is 12.1. The molecule has 0 unspecified atom stereocenters. The van der Waals surface area contributed by atoms with Crippen molar-refractivity contribution in [1.29, 1.82) is 5.41 Å². The van der Waals surface area contributed by atoms with Crippen molar-refractivity contribution in [2.45, 2.75) is 31.1 Å². The monoisotopic (exact) mass is 480 g/mol. The Labute approximate surface area is 172 Å². The van der Waals surface area contributed by atoms with E-state index in [0.717, 1.165) is 4.90 Å². The van der Waals surface area contributed by atoms with E-state index in [4.69, 9.17) is 30.4 Å². The number of nitrogens with zero attached hydrogens (tertiary/aromatic N) is 2. The molecule has 2 aliphatic rings. The number of nitrogens with two attached hydrogens (primary N) is 1. The van der Waals surface area contributed by atoms with E-state index in [0.29, 0.717) is 11.5 Å². The fourth-order valence-electron chi connectivity index (χ4n) is 2.53. The molecule has 7 N–H and O–H groups in total. The zero-order valence-corrected chi connectivity index (χ0v) is 16.3. The van der Waals surface area contributed by atoms with Crippen molar-refractivity contribution in [2.75, 3.05) is 19.7 Å². The molecule has 3 amide bonds. The zero-order valence-electron chi connectivity index (χ0n) is 15.5. The summed E-state index contributed by atoms with van der Waals surface area (Å²) in [5.74, 6) is -3.56. The van der Waals surface area contributed by atoms with Crippen LogP contribution < -0.4 is 16.5 Å². The van der Waals surface area contributed by atoms with Crippen molar-refractivity contribution in [3.8, 4) is 0 Å². The van der Waals surface area contributed by atoms with Gasteiger partial charge in [0.1, 0.15) is 6.04 Å². The van der Waals surface area contributed by atoms with Gasteiger partial charge in [0.25, 0.3) is 5.91 Å². The number of hydrogen-bond donors (Lipinski definition) is 6. The molecule has 0 aromatic carbocycles. The van der Waals surface area contributed by atoms with Crippen LogP contribution in [0.15, 0.2) is 0 Å². The van der Waals surface area contributed by atoms with E-state index in [1.807, 2.05) is 0 Å². The number of amides is 3. The van der Waals surface area contributed by atoms with Gasteiger partial charge in [-0.25, -0.2) is 15.1 Å². The summed E-state index contributed by atoms with van der Waals surface area (Å²) in [6.07, 6.45) is -4.48. The van der Waals surface area contributed by atoms with Crippen molar-refractivity contribution in [3.63, 3.8) is 0 Å². The first kappa shape index (κ1) is 26.1. The number of rotatable bonds is 7. The van der Waals surface area contributed by atoms with Crippen LogP contribution in [0, 0.1) is 5.41 Å². The van der Waals surface area contributed by atoms with Crippen LogP contribution in [-0.4, -0.2) is 89.9 Å². The smallest absolute Gasteiger partial charge is 0.475 e. The first-order valence-electron chi connectivity index (χ1n) is 8.20. The summed E-state index contributed by atoms with van der Waals surface area (Å²) in [7, 11) is -4.83. The highest BCUT2D eigenvalue weighted by atomic mass is 32.3. The van der Waals surface area contributed by atoms with Gasteiger partial charge in [-0.2, -0.15) is 26.7 Å². The lowest BCUT2D eigenvalue weighted by Gasteiger charge is -2.28. The number of halogens is 3. The van der Waals surface area contributed by atoms with Gasteiger partial charge in [0.15, 0.2) is 5.96 Å². The van der Waals surface area contributed by atoms with E-state index < -0.39 is 46.6 Å². The lowest BCUT2D eigenvalue weighted by molar-refractivity contribution is -0.192. The maximum atomic E-state index is 12.1. The minimum atomic E-state index is -5.08. The first-order valence-corrected chi connectivity index (χ1v) is 9.56. The third-order valence-corrected chi connectivity index (χ3v) is 4.08. The number of urea groups is 1. The summed E-state index contributed by atoms with van der Waals surface area (Å²) < 4.78 is 66.3. The molecule has 2 bridgehead atoms. The second-order valence-electron chi connectivity index (χ2n) is 5.97. The SMILES string of the molecule is N=C(N)NCCONC(=O)[C@@H]1CC[C@@H]2CN1C(=O)N2OS(=O)(=O)O.O=C(O)C(F)(F)F. The molecule has 0 aliphatic carbocycles. The number of hydrogen-bond acceptors (Lipinski definition) is 8. The highest BCUT2D eigenvalue weighted by molar-refractivity contribution is 7.80. The molecule has 2 heterocycles. The van der Waals surface area contributed by atoms with E-state index in [1.54, 1.807) is 0 Å². The Morgan fingerprint density at radius 2 is 1.90 bits per heavy atom. The second kappa shape index (κ2) is 10.4. The van der Waals surface area contributed by atoms with E-state index in [9.17, 15) is 31.2 Å². The number of carbonyl (C=O) groups excluding carboxylic acids is 2. The fourth-order valence-corrected chi connectivity index (χ4v) is 2.92. The highest BCUT2D eigenvalue weighted by Crippen LogP contribution is 2.30. The van der Waals surface area contributed by atoms with Crippen LogP contribution in [-0.2, 0) is 29.1 Å². The maximum Gasteiger partial charge on any atom is 0.490 e. The minimum absolute atomic E-state index is 0.0482. The van der Waals surface area contributed by atoms with Crippen LogP contribution in [0.3, 0.4) is 0 Å². The molecule has 2 saturated heterocycles. The van der Waals surface area contributed by atoms with Crippen LogP contribution in [0.2, 0.25) is 0 Å². The van der Waals surface area contributed by atoms with E-state index in [-0.39, 0.29) is 32.1 Å². The molecule has 178 valence electrons. The van der Waals surface area contributed by atoms with Gasteiger partial charge in [-0.3, -0.25) is 19.6 Å². The molecule has 0 spiro atoms. The van der Waals surface area contributed by atoms with Crippen LogP contribution in [0.25, 0.3) is 0 Å². The molecule has 2 atom stereocenters. The lowest BCUT2D eigenvalue weighted by Crippen LogP contribution is -2.50. The molecule has 0 aromatic rings. The summed E-state index contributed by atoms with van der Waals surface area (Å²) in [5.41, 5.74) is 7.25. The number of alkyl halides is 3. The minimum Gasteiger partial charge on any atom is -0.475 e. The lowest BCUT2D eigenvalue weighted by atomic mass is 10.0. The quantitative estimate of drug-likeness (QED) is 0.0780. The predicted molar refractivity (Wildman–Crippen MR) is 91.1 cm³/mol. The molecule has 2 rings (SSSR count). The van der Waals surface area contributed by atoms with Gasteiger partial charge in [0, 0.05) is 13.1 Å². The van der Waals surface area contributed by atoms with Gasteiger partial charge in [-0.1, -0.05) is 0 Å². The molecule has 0 radical (unpaired) electrons. The Morgan fingerprint density at radius 3 is 2.39 bits per heavy atom. The van der Waals surface area contributed by atoms with Crippen molar-refractivity contribution >= 4 is 34.3 Å². The highest BCUT2D eigenvalue weighted by Gasteiger charge is 2.49. The topological polar surface area (TPSA) is 225 Å². The third kappa shape index (κ3) is 8.39. The Morgan fingerprint density at radius 1 is 1.32 bits per heavy atom. The number of guanidine groups is 1. The van der Waals surface area contributed by atoms with Gasteiger partial charge in [0.05, 0.1) is 12.6 Å². The van der Waals surface area contributed by atoms with Gasteiger partial charge >= 0.3 is 28.6 Å². The Kier molecular flexibility index (Phi) is 8.78. The van der Waals surface area contributed by atoms with Gasteiger partial charge in [-0.15, -0.1) is 4.28 Å². The number of nitrogens with one attached hydrogen (secondary N) is 3. The Balaban J connectivity index is 0.000000592. The summed E-state index contributed by atoms with van der Waals surface area (Å²) in [6, 6.07) is -2.23. The third-order valence-electron chi connectivity index (χ3n) is 3.73. The van der Waals surface area contributed by atoms with Crippen molar-refractivity contribution in [2.24, 2.45) is 5.73 Å².